The standard InChI is InChI=1S/C11H17N3O2.C2H6/c1-11(2,3)16-10(15)14-9-6-8(7-12)4-5-13-9;1-2/h4-6H,7,12H2,1-3H3,(H,13,14,15);1-2H3. The van der Waals surface area contributed by atoms with Gasteiger partial charge < -0.3 is 10.5 Å². The van der Waals surface area contributed by atoms with Gasteiger partial charge >= 0.3 is 6.09 Å². The zero-order valence-electron chi connectivity index (χ0n) is 11.8. The van der Waals surface area contributed by atoms with Gasteiger partial charge in [0.2, 0.25) is 0 Å². The molecule has 5 heteroatoms. The summed E-state index contributed by atoms with van der Waals surface area (Å²) in [5, 5.41) is 2.55. The first-order chi connectivity index (χ1) is 8.40. The van der Waals surface area contributed by atoms with Crippen LogP contribution in [-0.4, -0.2) is 16.7 Å². The molecule has 1 aromatic heterocycles. The minimum atomic E-state index is -0.519. The predicted octanol–water partition coefficient (Wildman–Crippen LogP) is 2.91. The van der Waals surface area contributed by atoms with E-state index in [0.29, 0.717) is 12.4 Å². The van der Waals surface area contributed by atoms with Gasteiger partial charge in [-0.25, -0.2) is 9.78 Å². The Bertz CT molecular complexity index is 373. The van der Waals surface area contributed by atoms with Crippen molar-refractivity contribution in [2.45, 2.75) is 46.8 Å². The summed E-state index contributed by atoms with van der Waals surface area (Å²) in [5.74, 6) is 0.442. The third kappa shape index (κ3) is 6.85. The second kappa shape index (κ2) is 7.66. The smallest absolute Gasteiger partial charge is 0.413 e. The van der Waals surface area contributed by atoms with Crippen molar-refractivity contribution in [2.75, 3.05) is 5.32 Å². The molecule has 0 saturated carbocycles. The summed E-state index contributed by atoms with van der Waals surface area (Å²) >= 11 is 0. The molecule has 1 amide bonds. The summed E-state index contributed by atoms with van der Waals surface area (Å²) in [4.78, 5) is 15.4. The zero-order valence-corrected chi connectivity index (χ0v) is 11.8. The molecule has 3 N–H and O–H groups in total. The lowest BCUT2D eigenvalue weighted by atomic mass is 10.2. The summed E-state index contributed by atoms with van der Waals surface area (Å²) in [5.41, 5.74) is 5.87. The Morgan fingerprint density at radius 1 is 1.44 bits per heavy atom. The summed E-state index contributed by atoms with van der Waals surface area (Å²) in [6.45, 7) is 9.81. The summed E-state index contributed by atoms with van der Waals surface area (Å²) in [7, 11) is 0. The Morgan fingerprint density at radius 3 is 2.56 bits per heavy atom. The molecule has 1 heterocycles. The fraction of sp³-hybridized carbons (Fsp3) is 0.538. The lowest BCUT2D eigenvalue weighted by molar-refractivity contribution is 0.0635. The number of amides is 1. The Morgan fingerprint density at radius 2 is 2.06 bits per heavy atom. The highest BCUT2D eigenvalue weighted by atomic mass is 16.6. The van der Waals surface area contributed by atoms with Crippen LogP contribution >= 0.6 is 0 Å². The number of nitrogens with two attached hydrogens (primary N) is 1. The van der Waals surface area contributed by atoms with Crippen molar-refractivity contribution in [1.82, 2.24) is 4.98 Å². The molecule has 0 aromatic carbocycles. The minimum absolute atomic E-state index is 0.408. The molecule has 0 radical (unpaired) electrons. The van der Waals surface area contributed by atoms with Gasteiger partial charge in [0.05, 0.1) is 0 Å². The molecule has 5 nitrogen and oxygen atoms in total. The van der Waals surface area contributed by atoms with Crippen LogP contribution in [0.15, 0.2) is 18.3 Å². The lowest BCUT2D eigenvalue weighted by Gasteiger charge is -2.19. The van der Waals surface area contributed by atoms with Crippen LogP contribution in [-0.2, 0) is 11.3 Å². The molecule has 1 aromatic rings. The number of anilines is 1. The maximum absolute atomic E-state index is 11.4. The van der Waals surface area contributed by atoms with Crippen LogP contribution in [0, 0.1) is 0 Å². The molecule has 0 fully saturated rings. The molecule has 0 atom stereocenters. The SMILES string of the molecule is CC.CC(C)(C)OC(=O)Nc1cc(CN)ccn1. The van der Waals surface area contributed by atoms with Crippen LogP contribution in [0.1, 0.15) is 40.2 Å². The predicted molar refractivity (Wildman–Crippen MR) is 73.3 cm³/mol. The first-order valence-electron chi connectivity index (χ1n) is 6.06. The Kier molecular flexibility index (Phi) is 6.97. The fourth-order valence-electron chi connectivity index (χ4n) is 1.08. The average molecular weight is 253 g/mol. The maximum atomic E-state index is 11.4. The first-order valence-corrected chi connectivity index (χ1v) is 6.06. The number of ether oxygens (including phenoxy) is 1. The van der Waals surface area contributed by atoms with Crippen molar-refractivity contribution in [3.8, 4) is 0 Å². The molecule has 0 bridgehead atoms. The van der Waals surface area contributed by atoms with Crippen molar-refractivity contribution in [1.29, 1.82) is 0 Å². The van der Waals surface area contributed by atoms with Crippen molar-refractivity contribution in [2.24, 2.45) is 5.73 Å². The number of aromatic nitrogens is 1. The topological polar surface area (TPSA) is 77.2 Å². The molecule has 0 unspecified atom stereocenters. The average Bonchev–Trinajstić information content (AvgIpc) is 2.29. The van der Waals surface area contributed by atoms with Gasteiger partial charge in [-0.1, -0.05) is 13.8 Å². The molecule has 0 spiro atoms. The summed E-state index contributed by atoms with van der Waals surface area (Å²) in [6, 6.07) is 3.50. The van der Waals surface area contributed by atoms with Crippen molar-refractivity contribution in [3.05, 3.63) is 23.9 Å². The van der Waals surface area contributed by atoms with Gasteiger partial charge in [0.15, 0.2) is 0 Å². The van der Waals surface area contributed by atoms with Crippen molar-refractivity contribution >= 4 is 11.9 Å². The number of rotatable bonds is 2. The van der Waals surface area contributed by atoms with E-state index in [-0.39, 0.29) is 0 Å². The van der Waals surface area contributed by atoms with Crippen molar-refractivity contribution in [3.63, 3.8) is 0 Å². The van der Waals surface area contributed by atoms with E-state index in [1.54, 1.807) is 39.1 Å². The molecule has 1 rings (SSSR count). The number of carbonyl (C=O) groups is 1. The van der Waals surface area contributed by atoms with E-state index in [9.17, 15) is 4.79 Å². The van der Waals surface area contributed by atoms with E-state index in [1.807, 2.05) is 13.8 Å². The van der Waals surface area contributed by atoms with Crippen LogP contribution in [0.2, 0.25) is 0 Å². The van der Waals surface area contributed by atoms with Crippen LogP contribution in [0.3, 0.4) is 0 Å². The van der Waals surface area contributed by atoms with Crippen LogP contribution in [0.5, 0.6) is 0 Å². The molecule has 0 aliphatic heterocycles. The van der Waals surface area contributed by atoms with Gasteiger partial charge in [-0.3, -0.25) is 5.32 Å². The highest BCUT2D eigenvalue weighted by Crippen LogP contribution is 2.10. The maximum Gasteiger partial charge on any atom is 0.413 e. The molecule has 102 valence electrons. The lowest BCUT2D eigenvalue weighted by Crippen LogP contribution is -2.27. The minimum Gasteiger partial charge on any atom is -0.444 e. The molecular formula is C13H23N3O2. The summed E-state index contributed by atoms with van der Waals surface area (Å²) in [6.07, 6.45) is 1.07. The Hall–Kier alpha value is -1.62. The number of nitrogens with zero attached hydrogens (tertiary/aromatic N) is 1. The zero-order chi connectivity index (χ0) is 14.2. The van der Waals surface area contributed by atoms with E-state index < -0.39 is 11.7 Å². The number of nitrogens with one attached hydrogen (secondary N) is 1. The number of pyridine rings is 1. The highest BCUT2D eigenvalue weighted by Gasteiger charge is 2.16. The third-order valence-corrected chi connectivity index (χ3v) is 1.69. The van der Waals surface area contributed by atoms with Crippen LogP contribution in [0.25, 0.3) is 0 Å². The van der Waals surface area contributed by atoms with E-state index >= 15 is 0 Å². The van der Waals surface area contributed by atoms with E-state index in [1.165, 1.54) is 0 Å². The van der Waals surface area contributed by atoms with Crippen LogP contribution < -0.4 is 11.1 Å². The van der Waals surface area contributed by atoms with Gasteiger partial charge in [-0.15, -0.1) is 0 Å². The largest absolute Gasteiger partial charge is 0.444 e. The first kappa shape index (κ1) is 16.4. The third-order valence-electron chi connectivity index (χ3n) is 1.69. The molecule has 0 aliphatic carbocycles. The van der Waals surface area contributed by atoms with Gasteiger partial charge in [0, 0.05) is 12.7 Å². The number of carbonyl (C=O) groups excluding carboxylic acids is 1. The molecule has 18 heavy (non-hydrogen) atoms. The normalized spacial score (nSPS) is 10.1. The second-order valence-corrected chi connectivity index (χ2v) is 4.38. The number of hydrogen-bond acceptors (Lipinski definition) is 4. The van der Waals surface area contributed by atoms with Gasteiger partial charge in [0.1, 0.15) is 11.4 Å². The van der Waals surface area contributed by atoms with E-state index in [2.05, 4.69) is 10.3 Å². The molecule has 0 saturated heterocycles. The molecule has 0 aliphatic rings. The Balaban J connectivity index is 0.00000137. The van der Waals surface area contributed by atoms with Crippen molar-refractivity contribution < 1.29 is 9.53 Å². The fourth-order valence-corrected chi connectivity index (χ4v) is 1.08. The van der Waals surface area contributed by atoms with Gasteiger partial charge in [0.25, 0.3) is 0 Å². The Labute approximate surface area is 109 Å². The van der Waals surface area contributed by atoms with E-state index in [0.717, 1.165) is 5.56 Å². The quantitative estimate of drug-likeness (QED) is 0.849. The second-order valence-electron chi connectivity index (χ2n) is 4.38. The molecular weight excluding hydrogens is 230 g/mol. The highest BCUT2D eigenvalue weighted by molar-refractivity contribution is 5.83. The monoisotopic (exact) mass is 253 g/mol. The number of hydrogen-bond donors (Lipinski definition) is 2. The van der Waals surface area contributed by atoms with E-state index in [4.69, 9.17) is 10.5 Å². The van der Waals surface area contributed by atoms with Gasteiger partial charge in [-0.2, -0.15) is 0 Å². The van der Waals surface area contributed by atoms with Crippen LogP contribution in [0.4, 0.5) is 10.6 Å². The van der Waals surface area contributed by atoms with Gasteiger partial charge in [-0.05, 0) is 38.5 Å². The summed E-state index contributed by atoms with van der Waals surface area (Å²) < 4.78 is 5.09.